The predicted octanol–water partition coefficient (Wildman–Crippen LogP) is 2.25. The Morgan fingerprint density at radius 2 is 2.00 bits per heavy atom. The van der Waals surface area contributed by atoms with Crippen molar-refractivity contribution in [3.8, 4) is 0 Å². The first-order chi connectivity index (χ1) is 12.7. The number of hydrogen-bond acceptors (Lipinski definition) is 7. The third kappa shape index (κ3) is 4.56. The zero-order valence-electron chi connectivity index (χ0n) is 14.4. The summed E-state index contributed by atoms with van der Waals surface area (Å²) in [6.07, 6.45) is 5.22. The minimum absolute atomic E-state index is 0.0421. The SMILES string of the molecule is Cn1cc(Nc2ncc(F)c(NCc3cc(F)ccc3S(C)(=O)=O)n2)cn1. The highest BCUT2D eigenvalue weighted by molar-refractivity contribution is 7.90. The second-order valence-electron chi connectivity index (χ2n) is 5.80. The van der Waals surface area contributed by atoms with Gasteiger partial charge in [-0.15, -0.1) is 0 Å². The van der Waals surface area contributed by atoms with Gasteiger partial charge < -0.3 is 10.6 Å². The van der Waals surface area contributed by atoms with Crippen LogP contribution in [0.25, 0.3) is 0 Å². The number of rotatable bonds is 6. The summed E-state index contributed by atoms with van der Waals surface area (Å²) in [7, 11) is -1.83. The highest BCUT2D eigenvalue weighted by atomic mass is 32.2. The summed E-state index contributed by atoms with van der Waals surface area (Å²) in [6.45, 7) is -0.138. The van der Waals surface area contributed by atoms with Gasteiger partial charge in [0.15, 0.2) is 21.5 Å². The van der Waals surface area contributed by atoms with Crippen LogP contribution in [0.1, 0.15) is 5.56 Å². The van der Waals surface area contributed by atoms with E-state index in [0.29, 0.717) is 5.69 Å². The van der Waals surface area contributed by atoms with Crippen molar-refractivity contribution in [2.24, 2.45) is 7.05 Å². The molecule has 8 nitrogen and oxygen atoms in total. The topological polar surface area (TPSA) is 102 Å². The van der Waals surface area contributed by atoms with Crippen LogP contribution in [0, 0.1) is 11.6 Å². The fourth-order valence-corrected chi connectivity index (χ4v) is 3.32. The number of benzene rings is 1. The molecule has 2 N–H and O–H groups in total. The summed E-state index contributed by atoms with van der Waals surface area (Å²) in [4.78, 5) is 7.81. The molecular formula is C16H16F2N6O2S. The van der Waals surface area contributed by atoms with E-state index < -0.39 is 21.5 Å². The molecule has 0 amide bonds. The van der Waals surface area contributed by atoms with Crippen LogP contribution < -0.4 is 10.6 Å². The Morgan fingerprint density at radius 1 is 1.22 bits per heavy atom. The molecule has 0 radical (unpaired) electrons. The Labute approximate surface area is 154 Å². The first-order valence-electron chi connectivity index (χ1n) is 7.73. The van der Waals surface area contributed by atoms with Crippen LogP contribution in [0.4, 0.5) is 26.2 Å². The molecule has 0 fully saturated rings. The molecule has 0 aliphatic heterocycles. The van der Waals surface area contributed by atoms with Gasteiger partial charge >= 0.3 is 0 Å². The number of sulfone groups is 1. The lowest BCUT2D eigenvalue weighted by molar-refractivity contribution is 0.598. The Balaban J connectivity index is 1.82. The Bertz CT molecular complexity index is 1080. The average molecular weight is 394 g/mol. The van der Waals surface area contributed by atoms with Crippen molar-refractivity contribution in [2.45, 2.75) is 11.4 Å². The van der Waals surface area contributed by atoms with Crippen molar-refractivity contribution >= 4 is 27.3 Å². The van der Waals surface area contributed by atoms with Gasteiger partial charge in [-0.05, 0) is 23.8 Å². The van der Waals surface area contributed by atoms with Gasteiger partial charge in [-0.25, -0.2) is 22.2 Å². The van der Waals surface area contributed by atoms with E-state index in [1.54, 1.807) is 24.1 Å². The second kappa shape index (κ2) is 7.27. The minimum Gasteiger partial charge on any atom is -0.363 e. The third-order valence-electron chi connectivity index (χ3n) is 3.57. The van der Waals surface area contributed by atoms with Gasteiger partial charge in [-0.2, -0.15) is 10.1 Å². The normalized spacial score (nSPS) is 11.4. The highest BCUT2D eigenvalue weighted by Gasteiger charge is 2.15. The van der Waals surface area contributed by atoms with Crippen LogP contribution >= 0.6 is 0 Å². The molecule has 3 aromatic rings. The number of anilines is 3. The molecule has 0 aliphatic carbocycles. The maximum absolute atomic E-state index is 14.0. The molecular weight excluding hydrogens is 378 g/mol. The lowest BCUT2D eigenvalue weighted by Gasteiger charge is -2.11. The monoisotopic (exact) mass is 394 g/mol. The van der Waals surface area contributed by atoms with E-state index in [9.17, 15) is 17.2 Å². The van der Waals surface area contributed by atoms with Gasteiger partial charge in [-0.3, -0.25) is 4.68 Å². The molecule has 2 heterocycles. The van der Waals surface area contributed by atoms with Crippen molar-refractivity contribution in [2.75, 3.05) is 16.9 Å². The number of hydrogen-bond donors (Lipinski definition) is 2. The summed E-state index contributed by atoms with van der Waals surface area (Å²) in [6, 6.07) is 3.31. The summed E-state index contributed by atoms with van der Waals surface area (Å²) in [5.41, 5.74) is 0.775. The minimum atomic E-state index is -3.57. The maximum Gasteiger partial charge on any atom is 0.229 e. The molecule has 2 aromatic heterocycles. The first-order valence-corrected chi connectivity index (χ1v) is 9.62. The quantitative estimate of drug-likeness (QED) is 0.618. The molecule has 11 heteroatoms. The number of nitrogens with one attached hydrogen (secondary N) is 2. The van der Waals surface area contributed by atoms with Crippen LogP contribution in [0.2, 0.25) is 0 Å². The van der Waals surface area contributed by atoms with Crippen molar-refractivity contribution in [1.82, 2.24) is 19.7 Å². The molecule has 0 atom stereocenters. The van der Waals surface area contributed by atoms with E-state index in [0.717, 1.165) is 24.6 Å². The zero-order chi connectivity index (χ0) is 19.6. The van der Waals surface area contributed by atoms with E-state index in [-0.39, 0.29) is 28.8 Å². The van der Waals surface area contributed by atoms with E-state index in [2.05, 4.69) is 25.7 Å². The van der Waals surface area contributed by atoms with Crippen molar-refractivity contribution in [1.29, 1.82) is 0 Å². The predicted molar refractivity (Wildman–Crippen MR) is 95.3 cm³/mol. The molecule has 0 saturated carbocycles. The summed E-state index contributed by atoms with van der Waals surface area (Å²) >= 11 is 0. The molecule has 0 spiro atoms. The zero-order valence-corrected chi connectivity index (χ0v) is 15.3. The van der Waals surface area contributed by atoms with Crippen LogP contribution in [-0.2, 0) is 23.4 Å². The highest BCUT2D eigenvalue weighted by Crippen LogP contribution is 2.20. The number of nitrogens with zero attached hydrogens (tertiary/aromatic N) is 4. The summed E-state index contributed by atoms with van der Waals surface area (Å²) < 4.78 is 52.8. The number of aromatic nitrogens is 4. The smallest absolute Gasteiger partial charge is 0.229 e. The molecule has 3 rings (SSSR count). The average Bonchev–Trinajstić information content (AvgIpc) is 2.99. The standard InChI is InChI=1S/C16H16F2N6O2S/c1-24-9-12(7-21-24)22-16-20-8-13(18)15(23-16)19-6-10-5-11(17)3-4-14(10)27(2,25)26/h3-5,7-9H,6H2,1-2H3,(H2,19,20,22,23). The fraction of sp³-hybridized carbons (Fsp3) is 0.188. The van der Waals surface area contributed by atoms with E-state index in [4.69, 9.17) is 0 Å². The van der Waals surface area contributed by atoms with Gasteiger partial charge in [0, 0.05) is 26.0 Å². The van der Waals surface area contributed by atoms with E-state index in [1.165, 1.54) is 6.07 Å². The molecule has 27 heavy (non-hydrogen) atoms. The van der Waals surface area contributed by atoms with Crippen molar-refractivity contribution in [3.63, 3.8) is 0 Å². The molecule has 142 valence electrons. The van der Waals surface area contributed by atoms with Crippen LogP contribution in [0.15, 0.2) is 41.7 Å². The van der Waals surface area contributed by atoms with E-state index in [1.807, 2.05) is 0 Å². The van der Waals surface area contributed by atoms with Crippen molar-refractivity contribution in [3.05, 3.63) is 54.0 Å². The number of aryl methyl sites for hydroxylation is 1. The maximum atomic E-state index is 14.0. The first kappa shape index (κ1) is 18.7. The molecule has 1 aromatic carbocycles. The van der Waals surface area contributed by atoms with Gasteiger partial charge in [0.1, 0.15) is 5.82 Å². The largest absolute Gasteiger partial charge is 0.363 e. The van der Waals surface area contributed by atoms with Gasteiger partial charge in [-0.1, -0.05) is 0 Å². The molecule has 0 bridgehead atoms. The second-order valence-corrected chi connectivity index (χ2v) is 7.78. The van der Waals surface area contributed by atoms with Crippen molar-refractivity contribution < 1.29 is 17.2 Å². The number of halogens is 2. The molecule has 0 aliphatic rings. The summed E-state index contributed by atoms with van der Waals surface area (Å²) in [5, 5.41) is 9.54. The Hall–Kier alpha value is -3.08. The van der Waals surface area contributed by atoms with Crippen LogP contribution in [0.5, 0.6) is 0 Å². The fourth-order valence-electron chi connectivity index (χ4n) is 2.39. The van der Waals surface area contributed by atoms with Gasteiger partial charge in [0.05, 0.1) is 23.0 Å². The summed E-state index contributed by atoms with van der Waals surface area (Å²) in [5.74, 6) is -1.36. The molecule has 0 unspecified atom stereocenters. The van der Waals surface area contributed by atoms with Crippen LogP contribution in [0.3, 0.4) is 0 Å². The van der Waals surface area contributed by atoms with Gasteiger partial charge in [0.2, 0.25) is 5.95 Å². The Kier molecular flexibility index (Phi) is 5.04. The lowest BCUT2D eigenvalue weighted by Crippen LogP contribution is -2.10. The van der Waals surface area contributed by atoms with Crippen LogP contribution in [-0.4, -0.2) is 34.4 Å². The molecule has 0 saturated heterocycles. The van der Waals surface area contributed by atoms with Gasteiger partial charge in [0.25, 0.3) is 0 Å². The lowest BCUT2D eigenvalue weighted by atomic mass is 10.2. The third-order valence-corrected chi connectivity index (χ3v) is 4.77. The Morgan fingerprint density at radius 3 is 2.67 bits per heavy atom. The van der Waals surface area contributed by atoms with E-state index >= 15 is 0 Å².